The predicted molar refractivity (Wildman–Crippen MR) is 88.3 cm³/mol. The van der Waals surface area contributed by atoms with Crippen LogP contribution in [0.4, 0.5) is 0 Å². The van der Waals surface area contributed by atoms with E-state index in [0.29, 0.717) is 18.0 Å². The summed E-state index contributed by atoms with van der Waals surface area (Å²) < 4.78 is 27.8. The molecule has 1 fully saturated rings. The van der Waals surface area contributed by atoms with Crippen molar-refractivity contribution in [2.24, 2.45) is 5.73 Å². The first-order chi connectivity index (χ1) is 10.6. The molecule has 1 heterocycles. The van der Waals surface area contributed by atoms with Crippen LogP contribution in [0.3, 0.4) is 0 Å². The molecule has 1 aromatic rings. The smallest absolute Gasteiger partial charge is 0.243 e. The number of fused-ring (bicyclic) bond motifs is 1. The Bertz CT molecular complexity index is 626. The van der Waals surface area contributed by atoms with Crippen molar-refractivity contribution in [3.05, 3.63) is 29.3 Å². The number of nitrogens with zero attached hydrogens (tertiary/aromatic N) is 1. The molecular formula is C17H26N2O2S. The molecule has 3 rings (SSSR count). The number of benzene rings is 1. The summed E-state index contributed by atoms with van der Waals surface area (Å²) in [4.78, 5) is 0.470. The third-order valence-corrected chi connectivity index (χ3v) is 6.95. The Kier molecular flexibility index (Phi) is 4.85. The zero-order valence-electron chi connectivity index (χ0n) is 13.1. The van der Waals surface area contributed by atoms with Gasteiger partial charge in [0.2, 0.25) is 10.0 Å². The number of rotatable bonds is 4. The summed E-state index contributed by atoms with van der Waals surface area (Å²) >= 11 is 0. The van der Waals surface area contributed by atoms with Gasteiger partial charge in [-0.3, -0.25) is 0 Å². The number of hydrogen-bond acceptors (Lipinski definition) is 3. The van der Waals surface area contributed by atoms with Gasteiger partial charge in [-0.2, -0.15) is 4.31 Å². The molecule has 2 aliphatic rings. The summed E-state index contributed by atoms with van der Waals surface area (Å²) in [6.07, 6.45) is 8.19. The van der Waals surface area contributed by atoms with E-state index in [4.69, 9.17) is 5.73 Å². The summed E-state index contributed by atoms with van der Waals surface area (Å²) in [6, 6.07) is 5.80. The molecule has 0 saturated carbocycles. The molecule has 1 aliphatic carbocycles. The van der Waals surface area contributed by atoms with E-state index >= 15 is 0 Å². The second-order valence-corrected chi connectivity index (χ2v) is 8.37. The molecule has 1 aromatic carbocycles. The fraction of sp³-hybridized carbons (Fsp3) is 0.647. The van der Waals surface area contributed by atoms with Crippen LogP contribution in [-0.4, -0.2) is 31.9 Å². The molecule has 4 nitrogen and oxygen atoms in total. The standard InChI is InChI=1S/C17H26N2O2S/c18-11-10-16-7-3-4-12-19(16)22(20,21)17-9-8-14-5-1-2-6-15(14)13-17/h8-9,13,16H,1-7,10-12,18H2. The van der Waals surface area contributed by atoms with Crippen LogP contribution in [0.2, 0.25) is 0 Å². The van der Waals surface area contributed by atoms with Crippen LogP contribution in [0, 0.1) is 0 Å². The minimum atomic E-state index is -3.39. The topological polar surface area (TPSA) is 63.4 Å². The Hall–Kier alpha value is -0.910. The van der Waals surface area contributed by atoms with Crippen LogP contribution >= 0.6 is 0 Å². The van der Waals surface area contributed by atoms with Gasteiger partial charge >= 0.3 is 0 Å². The summed E-state index contributed by atoms with van der Waals surface area (Å²) in [5.41, 5.74) is 8.22. The molecule has 2 N–H and O–H groups in total. The largest absolute Gasteiger partial charge is 0.330 e. The van der Waals surface area contributed by atoms with Crippen molar-refractivity contribution >= 4 is 10.0 Å². The van der Waals surface area contributed by atoms with Gasteiger partial charge < -0.3 is 5.73 Å². The maximum Gasteiger partial charge on any atom is 0.243 e. The van der Waals surface area contributed by atoms with E-state index in [2.05, 4.69) is 0 Å². The average molecular weight is 322 g/mol. The number of hydrogen-bond donors (Lipinski definition) is 1. The molecule has 1 saturated heterocycles. The highest BCUT2D eigenvalue weighted by molar-refractivity contribution is 7.89. The highest BCUT2D eigenvalue weighted by Crippen LogP contribution is 2.29. The molecule has 1 unspecified atom stereocenters. The first-order valence-electron chi connectivity index (χ1n) is 8.46. The van der Waals surface area contributed by atoms with Crippen LogP contribution in [0.15, 0.2) is 23.1 Å². The van der Waals surface area contributed by atoms with E-state index in [1.165, 1.54) is 17.5 Å². The normalized spacial score (nSPS) is 23.2. The van der Waals surface area contributed by atoms with Crippen molar-refractivity contribution in [3.8, 4) is 0 Å². The van der Waals surface area contributed by atoms with Crippen molar-refractivity contribution in [1.29, 1.82) is 0 Å². The van der Waals surface area contributed by atoms with E-state index in [1.807, 2.05) is 12.1 Å². The average Bonchev–Trinajstić information content (AvgIpc) is 2.55. The number of sulfonamides is 1. The Morgan fingerprint density at radius 1 is 1.09 bits per heavy atom. The first-order valence-corrected chi connectivity index (χ1v) is 9.90. The van der Waals surface area contributed by atoms with Gasteiger partial charge in [-0.15, -0.1) is 0 Å². The third-order valence-electron chi connectivity index (χ3n) is 5.00. The Morgan fingerprint density at radius 2 is 1.86 bits per heavy atom. The van der Waals surface area contributed by atoms with Gasteiger partial charge in [0.1, 0.15) is 0 Å². The van der Waals surface area contributed by atoms with Crippen molar-refractivity contribution in [2.45, 2.75) is 62.3 Å². The first kappa shape index (κ1) is 16.0. The molecule has 122 valence electrons. The number of aryl methyl sites for hydroxylation is 2. The van der Waals surface area contributed by atoms with E-state index in [0.717, 1.165) is 44.9 Å². The predicted octanol–water partition coefficient (Wildman–Crippen LogP) is 2.46. The van der Waals surface area contributed by atoms with Gasteiger partial charge in [0.15, 0.2) is 0 Å². The third kappa shape index (κ3) is 3.07. The lowest BCUT2D eigenvalue weighted by Gasteiger charge is -2.34. The van der Waals surface area contributed by atoms with E-state index in [1.54, 1.807) is 10.4 Å². The highest BCUT2D eigenvalue weighted by Gasteiger charge is 2.33. The highest BCUT2D eigenvalue weighted by atomic mass is 32.2. The Labute approximate surface area is 133 Å². The summed E-state index contributed by atoms with van der Waals surface area (Å²) in [5.74, 6) is 0. The van der Waals surface area contributed by atoms with E-state index in [9.17, 15) is 8.42 Å². The zero-order chi connectivity index (χ0) is 15.6. The molecule has 0 aromatic heterocycles. The van der Waals surface area contributed by atoms with E-state index < -0.39 is 10.0 Å². The summed E-state index contributed by atoms with van der Waals surface area (Å²) in [5, 5.41) is 0. The number of nitrogens with two attached hydrogens (primary N) is 1. The molecule has 1 atom stereocenters. The molecule has 0 bridgehead atoms. The Morgan fingerprint density at radius 3 is 2.64 bits per heavy atom. The van der Waals surface area contributed by atoms with Gasteiger partial charge in [0.25, 0.3) is 0 Å². The molecular weight excluding hydrogens is 296 g/mol. The Balaban J connectivity index is 1.91. The van der Waals surface area contributed by atoms with Crippen LogP contribution < -0.4 is 5.73 Å². The van der Waals surface area contributed by atoms with Crippen LogP contribution in [-0.2, 0) is 22.9 Å². The zero-order valence-corrected chi connectivity index (χ0v) is 13.9. The van der Waals surface area contributed by atoms with Crippen molar-refractivity contribution < 1.29 is 8.42 Å². The fourth-order valence-corrected chi connectivity index (χ4v) is 5.55. The second kappa shape index (κ2) is 6.69. The van der Waals surface area contributed by atoms with Gasteiger partial charge in [0.05, 0.1) is 4.90 Å². The minimum Gasteiger partial charge on any atom is -0.330 e. The number of piperidine rings is 1. The monoisotopic (exact) mass is 322 g/mol. The SMILES string of the molecule is NCCC1CCCCN1S(=O)(=O)c1ccc2c(c1)CCCC2. The van der Waals surface area contributed by atoms with Gasteiger partial charge in [-0.1, -0.05) is 12.5 Å². The molecule has 0 amide bonds. The van der Waals surface area contributed by atoms with Crippen LogP contribution in [0.25, 0.3) is 0 Å². The molecule has 0 spiro atoms. The molecule has 1 aliphatic heterocycles. The maximum atomic E-state index is 13.0. The second-order valence-electron chi connectivity index (χ2n) is 6.48. The van der Waals surface area contributed by atoms with Gasteiger partial charge in [-0.05, 0) is 74.8 Å². The quantitative estimate of drug-likeness (QED) is 0.926. The summed E-state index contributed by atoms with van der Waals surface area (Å²) in [7, 11) is -3.39. The lowest BCUT2D eigenvalue weighted by molar-refractivity contribution is 0.243. The molecule has 22 heavy (non-hydrogen) atoms. The van der Waals surface area contributed by atoms with Crippen LogP contribution in [0.5, 0.6) is 0 Å². The van der Waals surface area contributed by atoms with Crippen molar-refractivity contribution in [1.82, 2.24) is 4.31 Å². The summed E-state index contributed by atoms with van der Waals surface area (Å²) in [6.45, 7) is 1.17. The van der Waals surface area contributed by atoms with Crippen LogP contribution in [0.1, 0.15) is 49.7 Å². The maximum absolute atomic E-state index is 13.0. The molecule has 5 heteroatoms. The van der Waals surface area contributed by atoms with Crippen molar-refractivity contribution in [2.75, 3.05) is 13.1 Å². The lowest BCUT2D eigenvalue weighted by Crippen LogP contribution is -2.44. The van der Waals surface area contributed by atoms with Crippen molar-refractivity contribution in [3.63, 3.8) is 0 Å². The fourth-order valence-electron chi connectivity index (χ4n) is 3.78. The van der Waals surface area contributed by atoms with Gasteiger partial charge in [-0.25, -0.2) is 8.42 Å². The van der Waals surface area contributed by atoms with E-state index in [-0.39, 0.29) is 6.04 Å². The lowest BCUT2D eigenvalue weighted by atomic mass is 9.92. The minimum absolute atomic E-state index is 0.0692. The van der Waals surface area contributed by atoms with Gasteiger partial charge in [0, 0.05) is 12.6 Å². The molecule has 0 radical (unpaired) electrons.